The summed E-state index contributed by atoms with van der Waals surface area (Å²) in [4.78, 5) is 11.5. The lowest BCUT2D eigenvalue weighted by Gasteiger charge is -2.24. The third-order valence-corrected chi connectivity index (χ3v) is 5.76. The SMILES string of the molecule is CN1CC(=O)N(C)P1(=O)c1ccccc1. The predicted molar refractivity (Wildman–Crippen MR) is 59.1 cm³/mol. The van der Waals surface area contributed by atoms with Gasteiger partial charge in [-0.25, -0.2) is 4.67 Å². The van der Waals surface area contributed by atoms with Gasteiger partial charge in [-0.15, -0.1) is 0 Å². The summed E-state index contributed by atoms with van der Waals surface area (Å²) < 4.78 is 15.7. The van der Waals surface area contributed by atoms with Crippen molar-refractivity contribution in [2.24, 2.45) is 0 Å². The summed E-state index contributed by atoms with van der Waals surface area (Å²) in [7, 11) is 0.471. The van der Waals surface area contributed by atoms with Gasteiger partial charge in [-0.05, 0) is 19.2 Å². The maximum atomic E-state index is 12.7. The number of carbonyl (C=O) groups excluding carboxylic acids is 1. The first-order valence-electron chi connectivity index (χ1n) is 4.71. The average Bonchev–Trinajstić information content (AvgIpc) is 2.45. The Labute approximate surface area is 89.0 Å². The number of nitrogens with zero attached hydrogens (tertiary/aromatic N) is 2. The molecule has 0 aromatic heterocycles. The standard InChI is InChI=1S/C10H13N2O2P/c1-11-8-10(13)12(2)15(11,14)9-6-4-3-5-7-9/h3-7H,8H2,1-2H3. The molecule has 0 bridgehead atoms. The lowest BCUT2D eigenvalue weighted by molar-refractivity contribution is -0.123. The molecule has 1 amide bonds. The van der Waals surface area contributed by atoms with E-state index in [9.17, 15) is 9.36 Å². The molecule has 1 aliphatic heterocycles. The highest BCUT2D eigenvalue weighted by molar-refractivity contribution is 7.68. The van der Waals surface area contributed by atoms with E-state index in [-0.39, 0.29) is 12.5 Å². The maximum Gasteiger partial charge on any atom is 0.271 e. The minimum Gasteiger partial charge on any atom is -0.280 e. The molecule has 2 rings (SSSR count). The van der Waals surface area contributed by atoms with E-state index in [1.165, 1.54) is 4.67 Å². The molecule has 0 saturated carbocycles. The van der Waals surface area contributed by atoms with Crippen LogP contribution in [0.3, 0.4) is 0 Å². The zero-order chi connectivity index (χ0) is 11.1. The first kappa shape index (κ1) is 10.4. The van der Waals surface area contributed by atoms with Gasteiger partial charge in [0.05, 0.1) is 6.54 Å². The maximum absolute atomic E-state index is 12.7. The lowest BCUT2D eigenvalue weighted by Crippen LogP contribution is -2.23. The smallest absolute Gasteiger partial charge is 0.271 e. The summed E-state index contributed by atoms with van der Waals surface area (Å²) in [6.07, 6.45) is 0. The van der Waals surface area contributed by atoms with Crippen molar-refractivity contribution in [3.63, 3.8) is 0 Å². The van der Waals surface area contributed by atoms with Gasteiger partial charge in [0, 0.05) is 12.4 Å². The summed E-state index contributed by atoms with van der Waals surface area (Å²) in [6.45, 7) is 0.225. The van der Waals surface area contributed by atoms with Crippen molar-refractivity contribution in [2.75, 3.05) is 20.6 Å². The number of rotatable bonds is 1. The molecule has 1 fully saturated rings. The fourth-order valence-corrected chi connectivity index (χ4v) is 4.20. The Morgan fingerprint density at radius 2 is 1.80 bits per heavy atom. The first-order chi connectivity index (χ1) is 7.06. The van der Waals surface area contributed by atoms with E-state index in [1.807, 2.05) is 18.2 Å². The van der Waals surface area contributed by atoms with E-state index in [2.05, 4.69) is 0 Å². The van der Waals surface area contributed by atoms with Crippen molar-refractivity contribution < 1.29 is 9.36 Å². The molecule has 0 spiro atoms. The van der Waals surface area contributed by atoms with E-state index in [0.717, 1.165) is 0 Å². The minimum atomic E-state index is -2.84. The number of benzene rings is 1. The molecule has 0 N–H and O–H groups in total. The van der Waals surface area contributed by atoms with Crippen LogP contribution in [0, 0.1) is 0 Å². The van der Waals surface area contributed by atoms with E-state index in [1.54, 1.807) is 30.9 Å². The molecule has 0 radical (unpaired) electrons. The highest BCUT2D eigenvalue weighted by Gasteiger charge is 2.44. The predicted octanol–water partition coefficient (Wildman–Crippen LogP) is 0.909. The van der Waals surface area contributed by atoms with Gasteiger partial charge < -0.3 is 0 Å². The van der Waals surface area contributed by atoms with Crippen LogP contribution in [0.25, 0.3) is 0 Å². The highest BCUT2D eigenvalue weighted by atomic mass is 31.2. The van der Waals surface area contributed by atoms with Crippen LogP contribution < -0.4 is 5.30 Å². The molecule has 1 heterocycles. The molecular weight excluding hydrogens is 211 g/mol. The summed E-state index contributed by atoms with van der Waals surface area (Å²) in [6, 6.07) is 9.13. The molecule has 1 aromatic carbocycles. The Morgan fingerprint density at radius 1 is 1.20 bits per heavy atom. The molecule has 1 aromatic rings. The monoisotopic (exact) mass is 224 g/mol. The molecule has 1 atom stereocenters. The van der Waals surface area contributed by atoms with Crippen LogP contribution in [0.15, 0.2) is 30.3 Å². The Kier molecular flexibility index (Phi) is 2.41. The van der Waals surface area contributed by atoms with Crippen molar-refractivity contribution in [1.29, 1.82) is 0 Å². The molecule has 5 heteroatoms. The Hall–Kier alpha value is -1.12. The van der Waals surface area contributed by atoms with Crippen molar-refractivity contribution in [2.45, 2.75) is 0 Å². The third-order valence-electron chi connectivity index (χ3n) is 2.69. The van der Waals surface area contributed by atoms with Gasteiger partial charge in [0.2, 0.25) is 5.91 Å². The van der Waals surface area contributed by atoms with Gasteiger partial charge in [-0.3, -0.25) is 14.0 Å². The molecule has 1 unspecified atom stereocenters. The summed E-state index contributed by atoms with van der Waals surface area (Å²) in [5.74, 6) is -0.0929. The normalized spacial score (nSPS) is 27.3. The molecule has 1 saturated heterocycles. The van der Waals surface area contributed by atoms with Gasteiger partial charge in [-0.1, -0.05) is 18.2 Å². The van der Waals surface area contributed by atoms with Crippen LogP contribution in [-0.4, -0.2) is 35.9 Å². The Bertz CT molecular complexity index is 432. The van der Waals surface area contributed by atoms with Crippen LogP contribution in [0.1, 0.15) is 0 Å². The average molecular weight is 224 g/mol. The zero-order valence-electron chi connectivity index (χ0n) is 8.75. The molecular formula is C10H13N2O2P. The second-order valence-electron chi connectivity index (χ2n) is 3.61. The number of likely N-dealkylation sites (N-methyl/N-ethyl adjacent to an activating group) is 2. The fourth-order valence-electron chi connectivity index (χ4n) is 1.77. The molecule has 4 nitrogen and oxygen atoms in total. The quantitative estimate of drug-likeness (QED) is 0.666. The third kappa shape index (κ3) is 1.41. The van der Waals surface area contributed by atoms with Gasteiger partial charge in [-0.2, -0.15) is 0 Å². The van der Waals surface area contributed by atoms with Crippen LogP contribution in [-0.2, 0) is 9.36 Å². The Balaban J connectivity index is 2.51. The van der Waals surface area contributed by atoms with Crippen LogP contribution >= 0.6 is 7.44 Å². The number of hydrogen-bond acceptors (Lipinski definition) is 2. The summed E-state index contributed by atoms with van der Waals surface area (Å²) in [5.41, 5.74) is 0. The van der Waals surface area contributed by atoms with Gasteiger partial charge in [0.15, 0.2) is 0 Å². The second kappa shape index (κ2) is 3.47. The minimum absolute atomic E-state index is 0.0929. The largest absolute Gasteiger partial charge is 0.280 e. The second-order valence-corrected chi connectivity index (χ2v) is 6.50. The van der Waals surface area contributed by atoms with Crippen molar-refractivity contribution in [1.82, 2.24) is 9.34 Å². The lowest BCUT2D eigenvalue weighted by atomic mass is 10.4. The highest BCUT2D eigenvalue weighted by Crippen LogP contribution is 2.53. The molecule has 1 aliphatic rings. The molecule has 0 aliphatic carbocycles. The number of carbonyl (C=O) groups is 1. The van der Waals surface area contributed by atoms with Crippen molar-refractivity contribution >= 4 is 18.7 Å². The topological polar surface area (TPSA) is 40.6 Å². The van der Waals surface area contributed by atoms with Gasteiger partial charge in [0.1, 0.15) is 0 Å². The van der Waals surface area contributed by atoms with Crippen molar-refractivity contribution in [3.05, 3.63) is 30.3 Å². The molecule has 15 heavy (non-hydrogen) atoms. The van der Waals surface area contributed by atoms with E-state index >= 15 is 0 Å². The first-order valence-corrected chi connectivity index (χ1v) is 6.32. The summed E-state index contributed by atoms with van der Waals surface area (Å²) in [5, 5.41) is 0.709. The fraction of sp³-hybridized carbons (Fsp3) is 0.300. The Morgan fingerprint density at radius 3 is 2.27 bits per heavy atom. The van der Waals surface area contributed by atoms with Crippen LogP contribution in [0.5, 0.6) is 0 Å². The summed E-state index contributed by atoms with van der Waals surface area (Å²) >= 11 is 0. The van der Waals surface area contributed by atoms with Crippen LogP contribution in [0.2, 0.25) is 0 Å². The van der Waals surface area contributed by atoms with E-state index in [4.69, 9.17) is 0 Å². The molecule has 80 valence electrons. The van der Waals surface area contributed by atoms with E-state index in [0.29, 0.717) is 5.30 Å². The zero-order valence-corrected chi connectivity index (χ0v) is 9.65. The van der Waals surface area contributed by atoms with Gasteiger partial charge >= 0.3 is 0 Å². The van der Waals surface area contributed by atoms with Crippen molar-refractivity contribution in [3.8, 4) is 0 Å². The van der Waals surface area contributed by atoms with Gasteiger partial charge in [0.25, 0.3) is 7.44 Å². The van der Waals surface area contributed by atoms with Crippen LogP contribution in [0.4, 0.5) is 0 Å². The number of hydrogen-bond donors (Lipinski definition) is 0. The number of amides is 1. The van der Waals surface area contributed by atoms with E-state index < -0.39 is 7.44 Å².